The quantitative estimate of drug-likeness (QED) is 0.512. The lowest BCUT2D eigenvalue weighted by Crippen LogP contribution is -2.14. The molecular weight excluding hydrogens is 402 g/mol. The molecule has 30 heavy (non-hydrogen) atoms. The van der Waals surface area contributed by atoms with E-state index in [1.165, 1.54) is 23.8 Å². The molecule has 1 aromatic heterocycles. The van der Waals surface area contributed by atoms with E-state index in [9.17, 15) is 14.7 Å². The van der Waals surface area contributed by atoms with Gasteiger partial charge in [-0.05, 0) is 55.0 Å². The largest absolute Gasteiger partial charge is 0.497 e. The zero-order chi connectivity index (χ0) is 22.3. The third-order valence-electron chi connectivity index (χ3n) is 4.87. The van der Waals surface area contributed by atoms with Crippen molar-refractivity contribution >= 4 is 34.4 Å². The summed E-state index contributed by atoms with van der Waals surface area (Å²) in [6, 6.07) is 11.9. The molecule has 3 aromatic rings. The number of nitrogens with zero attached hydrogens (tertiary/aromatic N) is 1. The van der Waals surface area contributed by atoms with Gasteiger partial charge >= 0.3 is 5.97 Å². The number of aromatic nitrogens is 1. The van der Waals surface area contributed by atoms with Gasteiger partial charge in [-0.3, -0.25) is 14.2 Å². The third kappa shape index (κ3) is 5.42. The summed E-state index contributed by atoms with van der Waals surface area (Å²) in [5, 5.41) is 10.5. The number of hydrogen-bond donors (Lipinski definition) is 1. The van der Waals surface area contributed by atoms with Crippen LogP contribution in [0.5, 0.6) is 5.75 Å². The molecule has 160 valence electrons. The number of halogens is 1. The van der Waals surface area contributed by atoms with Crippen molar-refractivity contribution in [3.05, 3.63) is 64.3 Å². The van der Waals surface area contributed by atoms with E-state index in [1.807, 2.05) is 0 Å². The number of carbonyl (C=O) groups is 2. The minimum Gasteiger partial charge on any atom is -0.497 e. The van der Waals surface area contributed by atoms with Crippen LogP contribution in [0.2, 0.25) is 5.02 Å². The molecule has 6 heteroatoms. The smallest absolute Gasteiger partial charge is 0.307 e. The number of carboxylic acids is 1. The van der Waals surface area contributed by atoms with Gasteiger partial charge < -0.3 is 9.84 Å². The number of ether oxygens (including phenoxy) is 1. The highest BCUT2D eigenvalue weighted by molar-refractivity contribution is 6.30. The topological polar surface area (TPSA) is 68.5 Å². The third-order valence-corrected chi connectivity index (χ3v) is 5.12. The second kappa shape index (κ2) is 10.8. The van der Waals surface area contributed by atoms with E-state index in [2.05, 4.69) is 13.8 Å². The summed E-state index contributed by atoms with van der Waals surface area (Å²) in [6.45, 7) is 6.17. The van der Waals surface area contributed by atoms with Gasteiger partial charge in [-0.1, -0.05) is 44.7 Å². The summed E-state index contributed by atoms with van der Waals surface area (Å²) in [7, 11) is 1.54. The molecule has 0 atom stereocenters. The minimum absolute atomic E-state index is 0.170. The first-order valence-electron chi connectivity index (χ1n) is 10.0. The lowest BCUT2D eigenvalue weighted by molar-refractivity contribution is -0.136. The van der Waals surface area contributed by atoms with Gasteiger partial charge in [0, 0.05) is 21.7 Å². The van der Waals surface area contributed by atoms with Gasteiger partial charge in [-0.15, -0.1) is 0 Å². The molecule has 0 spiro atoms. The maximum absolute atomic E-state index is 13.0. The summed E-state index contributed by atoms with van der Waals surface area (Å²) in [5.41, 5.74) is 2.32. The number of fused-ring (bicyclic) bond motifs is 1. The first-order chi connectivity index (χ1) is 14.3. The van der Waals surface area contributed by atoms with Crippen molar-refractivity contribution in [2.24, 2.45) is 0 Å². The molecule has 0 aliphatic carbocycles. The van der Waals surface area contributed by atoms with Crippen LogP contribution in [0.25, 0.3) is 10.9 Å². The fraction of sp³-hybridized carbons (Fsp3) is 0.333. The van der Waals surface area contributed by atoms with Crippen LogP contribution in [0, 0.1) is 6.92 Å². The fourth-order valence-electron chi connectivity index (χ4n) is 3.30. The highest BCUT2D eigenvalue weighted by Crippen LogP contribution is 2.30. The molecule has 1 heterocycles. The van der Waals surface area contributed by atoms with E-state index in [1.54, 1.807) is 56.5 Å². The number of methoxy groups -OCH3 is 1. The summed E-state index contributed by atoms with van der Waals surface area (Å²) in [4.78, 5) is 24.3. The first-order valence-corrected chi connectivity index (χ1v) is 10.4. The first kappa shape index (κ1) is 23.5. The molecule has 3 rings (SSSR count). The number of aliphatic carboxylic acids is 1. The summed E-state index contributed by atoms with van der Waals surface area (Å²) >= 11 is 5.89. The molecule has 0 unspecified atom stereocenters. The Balaban J connectivity index is 0.000000575. The van der Waals surface area contributed by atoms with Crippen molar-refractivity contribution in [3.63, 3.8) is 0 Å². The Morgan fingerprint density at radius 2 is 1.70 bits per heavy atom. The Bertz CT molecular complexity index is 1020. The van der Waals surface area contributed by atoms with Crippen molar-refractivity contribution in [2.45, 2.75) is 46.5 Å². The molecular formula is C24H28ClNO4. The zero-order valence-electron chi connectivity index (χ0n) is 17.9. The fourth-order valence-corrected chi connectivity index (χ4v) is 3.43. The Labute approximate surface area is 182 Å². The van der Waals surface area contributed by atoms with Crippen LogP contribution in [0.15, 0.2) is 42.5 Å². The lowest BCUT2D eigenvalue weighted by atomic mass is 10.1. The van der Waals surface area contributed by atoms with Crippen LogP contribution < -0.4 is 4.74 Å². The van der Waals surface area contributed by atoms with Crippen LogP contribution in [-0.2, 0) is 11.2 Å². The predicted molar refractivity (Wildman–Crippen MR) is 121 cm³/mol. The number of carboxylic acid groups (broad SMARTS) is 1. The van der Waals surface area contributed by atoms with Gasteiger partial charge in [0.15, 0.2) is 0 Å². The average molecular weight is 430 g/mol. The standard InChI is InChI=1S/C19H16ClNO4.C5H12/c1-11-15(10-18(22)23)16-9-14(25-2)7-8-17(16)21(11)19(24)12-3-5-13(20)6-4-12;1-3-5-4-2/h3-9H,10H2,1-2H3,(H,22,23);3-5H2,1-2H3. The van der Waals surface area contributed by atoms with E-state index in [-0.39, 0.29) is 12.3 Å². The Morgan fingerprint density at radius 3 is 2.20 bits per heavy atom. The summed E-state index contributed by atoms with van der Waals surface area (Å²) in [6.07, 6.45) is 3.91. The molecule has 0 amide bonds. The SMILES string of the molecule is CCCCC.COc1ccc2c(c1)c(CC(=O)O)c(C)n2C(=O)c1ccc(Cl)cc1. The van der Waals surface area contributed by atoms with Crippen LogP contribution in [0.1, 0.15) is 54.7 Å². The second-order valence-corrected chi connectivity index (χ2v) is 7.46. The summed E-state index contributed by atoms with van der Waals surface area (Å²) < 4.78 is 6.77. The van der Waals surface area contributed by atoms with Crippen molar-refractivity contribution in [3.8, 4) is 5.75 Å². The zero-order valence-corrected chi connectivity index (χ0v) is 18.6. The summed E-state index contributed by atoms with van der Waals surface area (Å²) in [5.74, 6) is -0.583. The van der Waals surface area contributed by atoms with Gasteiger partial charge in [0.25, 0.3) is 5.91 Å². The molecule has 0 saturated heterocycles. The number of rotatable bonds is 6. The lowest BCUT2D eigenvalue weighted by Gasteiger charge is -2.08. The Morgan fingerprint density at radius 1 is 1.07 bits per heavy atom. The minimum atomic E-state index is -0.955. The molecule has 0 aliphatic rings. The predicted octanol–water partition coefficient (Wildman–Crippen LogP) is 6.12. The Kier molecular flexibility index (Phi) is 8.48. The number of hydrogen-bond acceptors (Lipinski definition) is 3. The molecule has 0 bridgehead atoms. The van der Waals surface area contributed by atoms with Gasteiger partial charge in [0.2, 0.25) is 0 Å². The monoisotopic (exact) mass is 429 g/mol. The molecule has 0 aliphatic heterocycles. The molecule has 5 nitrogen and oxygen atoms in total. The van der Waals surface area contributed by atoms with Crippen LogP contribution in [-0.4, -0.2) is 28.7 Å². The van der Waals surface area contributed by atoms with Crippen molar-refractivity contribution in [1.29, 1.82) is 0 Å². The molecule has 0 fully saturated rings. The van der Waals surface area contributed by atoms with Crippen molar-refractivity contribution in [1.82, 2.24) is 4.57 Å². The van der Waals surface area contributed by atoms with Crippen LogP contribution in [0.4, 0.5) is 0 Å². The van der Waals surface area contributed by atoms with E-state index in [0.717, 1.165) is 0 Å². The molecule has 0 saturated carbocycles. The van der Waals surface area contributed by atoms with Crippen LogP contribution >= 0.6 is 11.6 Å². The Hall–Kier alpha value is -2.79. The number of carbonyl (C=O) groups excluding carboxylic acids is 1. The van der Waals surface area contributed by atoms with Gasteiger partial charge in [0.05, 0.1) is 19.0 Å². The van der Waals surface area contributed by atoms with Crippen molar-refractivity contribution < 1.29 is 19.4 Å². The van der Waals surface area contributed by atoms with E-state index >= 15 is 0 Å². The molecule has 1 N–H and O–H groups in total. The van der Waals surface area contributed by atoms with Gasteiger partial charge in [-0.25, -0.2) is 0 Å². The highest BCUT2D eigenvalue weighted by Gasteiger charge is 2.21. The normalized spacial score (nSPS) is 10.4. The number of benzene rings is 2. The maximum atomic E-state index is 13.0. The highest BCUT2D eigenvalue weighted by atomic mass is 35.5. The van der Waals surface area contributed by atoms with E-state index < -0.39 is 5.97 Å². The van der Waals surface area contributed by atoms with Gasteiger partial charge in [-0.2, -0.15) is 0 Å². The van der Waals surface area contributed by atoms with Gasteiger partial charge in [0.1, 0.15) is 5.75 Å². The van der Waals surface area contributed by atoms with Crippen molar-refractivity contribution in [2.75, 3.05) is 7.11 Å². The van der Waals surface area contributed by atoms with E-state index in [4.69, 9.17) is 16.3 Å². The molecule has 2 aromatic carbocycles. The van der Waals surface area contributed by atoms with E-state index in [0.29, 0.717) is 38.5 Å². The maximum Gasteiger partial charge on any atom is 0.307 e. The number of unbranched alkanes of at least 4 members (excludes halogenated alkanes) is 2. The average Bonchev–Trinajstić information content (AvgIpc) is 2.99. The second-order valence-electron chi connectivity index (χ2n) is 7.02. The molecule has 0 radical (unpaired) electrons. The van der Waals surface area contributed by atoms with Crippen LogP contribution in [0.3, 0.4) is 0 Å².